The Morgan fingerprint density at radius 2 is 1.93 bits per heavy atom. The Hall–Kier alpha value is -2.46. The molecule has 0 aliphatic carbocycles. The molecule has 0 spiro atoms. The van der Waals surface area contributed by atoms with E-state index < -0.39 is 5.82 Å². The summed E-state index contributed by atoms with van der Waals surface area (Å²) in [7, 11) is 0. The highest BCUT2D eigenvalue weighted by atomic mass is 32.1. The van der Waals surface area contributed by atoms with E-state index in [-0.39, 0.29) is 23.9 Å². The van der Waals surface area contributed by atoms with Gasteiger partial charge >= 0.3 is 0 Å². The molecule has 3 heterocycles. The third kappa shape index (κ3) is 5.08. The van der Waals surface area contributed by atoms with Gasteiger partial charge in [0.2, 0.25) is 11.8 Å². The molecule has 2 atom stereocenters. The fourth-order valence-electron chi connectivity index (χ4n) is 3.32. The predicted molar refractivity (Wildman–Crippen MR) is 103 cm³/mol. The molecular weight excluding hydrogens is 383 g/mol. The van der Waals surface area contributed by atoms with E-state index in [1.165, 1.54) is 18.3 Å². The molecular formula is C18H23FN6O2S. The second-order valence-electron chi connectivity index (χ2n) is 6.94. The zero-order chi connectivity index (χ0) is 20.3. The van der Waals surface area contributed by atoms with Crippen molar-refractivity contribution in [3.63, 3.8) is 0 Å². The summed E-state index contributed by atoms with van der Waals surface area (Å²) in [5, 5.41) is 3.27. The van der Waals surface area contributed by atoms with E-state index in [9.17, 15) is 14.0 Å². The van der Waals surface area contributed by atoms with Gasteiger partial charge in [0.15, 0.2) is 10.9 Å². The zero-order valence-electron chi connectivity index (χ0n) is 16.1. The van der Waals surface area contributed by atoms with Crippen molar-refractivity contribution in [1.29, 1.82) is 0 Å². The minimum Gasteiger partial charge on any atom is -0.337 e. The number of nitrogens with one attached hydrogen (secondary N) is 1. The van der Waals surface area contributed by atoms with Crippen LogP contribution in [-0.2, 0) is 22.6 Å². The Morgan fingerprint density at radius 3 is 2.57 bits per heavy atom. The van der Waals surface area contributed by atoms with Crippen LogP contribution in [0.25, 0.3) is 0 Å². The SMILES string of the molecule is CC(=O)Nc1ncc(CN2C[C@@H](Cc3ncc(F)cn3)N(C(C)=O)C[C@@H]2C)s1. The quantitative estimate of drug-likeness (QED) is 0.813. The highest BCUT2D eigenvalue weighted by Gasteiger charge is 2.33. The molecule has 1 N–H and O–H groups in total. The third-order valence-electron chi connectivity index (χ3n) is 4.66. The number of carbonyl (C=O) groups is 2. The summed E-state index contributed by atoms with van der Waals surface area (Å²) in [6.45, 7) is 7.00. The average Bonchev–Trinajstić information content (AvgIpc) is 3.05. The fraction of sp³-hybridized carbons (Fsp3) is 0.500. The van der Waals surface area contributed by atoms with Crippen molar-refractivity contribution in [3.05, 3.63) is 35.1 Å². The standard InChI is InChI=1S/C18H23FN6O2S/c1-11-8-25(13(3)27)15(4-17-20-5-14(19)6-21-17)9-24(11)10-16-7-22-18(28-16)23-12(2)26/h5-7,11,15H,4,8-10H2,1-3H3,(H,22,23,26)/t11-,15+/m0/s1. The minimum atomic E-state index is -0.480. The highest BCUT2D eigenvalue weighted by molar-refractivity contribution is 7.15. The molecule has 28 heavy (non-hydrogen) atoms. The van der Waals surface area contributed by atoms with Gasteiger partial charge in [0, 0.05) is 57.0 Å². The number of anilines is 1. The molecule has 1 aliphatic rings. The summed E-state index contributed by atoms with van der Waals surface area (Å²) in [6.07, 6.45) is 4.51. The summed E-state index contributed by atoms with van der Waals surface area (Å²) in [5.41, 5.74) is 0. The van der Waals surface area contributed by atoms with Crippen LogP contribution in [0.5, 0.6) is 0 Å². The molecule has 1 saturated heterocycles. The molecule has 8 nitrogen and oxygen atoms in total. The van der Waals surface area contributed by atoms with E-state index in [1.54, 1.807) is 13.1 Å². The lowest BCUT2D eigenvalue weighted by Gasteiger charge is -2.44. The highest BCUT2D eigenvalue weighted by Crippen LogP contribution is 2.24. The molecule has 2 aromatic rings. The smallest absolute Gasteiger partial charge is 0.223 e. The van der Waals surface area contributed by atoms with Crippen LogP contribution in [-0.4, -0.2) is 61.7 Å². The van der Waals surface area contributed by atoms with Crippen LogP contribution < -0.4 is 5.32 Å². The van der Waals surface area contributed by atoms with Crippen LogP contribution in [0.2, 0.25) is 0 Å². The largest absolute Gasteiger partial charge is 0.337 e. The molecule has 3 rings (SSSR count). The topological polar surface area (TPSA) is 91.3 Å². The second-order valence-corrected chi connectivity index (χ2v) is 8.05. The summed E-state index contributed by atoms with van der Waals surface area (Å²) >= 11 is 1.44. The Balaban J connectivity index is 1.71. The van der Waals surface area contributed by atoms with E-state index in [1.807, 2.05) is 4.90 Å². The Bertz CT molecular complexity index is 843. The van der Waals surface area contributed by atoms with Crippen LogP contribution in [0.1, 0.15) is 31.5 Å². The van der Waals surface area contributed by atoms with Crippen LogP contribution in [0, 0.1) is 5.82 Å². The maximum absolute atomic E-state index is 13.1. The maximum Gasteiger partial charge on any atom is 0.223 e. The first-order valence-corrected chi connectivity index (χ1v) is 9.83. The van der Waals surface area contributed by atoms with Crippen LogP contribution in [0.3, 0.4) is 0 Å². The van der Waals surface area contributed by atoms with Gasteiger partial charge in [-0.1, -0.05) is 0 Å². The molecule has 0 unspecified atom stereocenters. The van der Waals surface area contributed by atoms with Gasteiger partial charge in [0.1, 0.15) is 5.82 Å². The number of piperazine rings is 1. The van der Waals surface area contributed by atoms with E-state index in [2.05, 4.69) is 32.1 Å². The van der Waals surface area contributed by atoms with Crippen molar-refractivity contribution in [3.8, 4) is 0 Å². The molecule has 1 aliphatic heterocycles. The first-order chi connectivity index (χ1) is 13.3. The van der Waals surface area contributed by atoms with Crippen molar-refractivity contribution >= 4 is 28.3 Å². The number of rotatable bonds is 5. The predicted octanol–water partition coefficient (Wildman–Crippen LogP) is 1.69. The van der Waals surface area contributed by atoms with Crippen molar-refractivity contribution in [2.45, 2.75) is 45.8 Å². The van der Waals surface area contributed by atoms with E-state index in [4.69, 9.17) is 0 Å². The van der Waals surface area contributed by atoms with Gasteiger partial charge < -0.3 is 10.2 Å². The van der Waals surface area contributed by atoms with Gasteiger partial charge in [-0.2, -0.15) is 0 Å². The summed E-state index contributed by atoms with van der Waals surface area (Å²) in [4.78, 5) is 40.7. The molecule has 1 fully saturated rings. The van der Waals surface area contributed by atoms with Gasteiger partial charge in [-0.3, -0.25) is 14.5 Å². The van der Waals surface area contributed by atoms with E-state index >= 15 is 0 Å². The Labute approximate surface area is 166 Å². The zero-order valence-corrected chi connectivity index (χ0v) is 16.9. The number of aromatic nitrogens is 3. The van der Waals surface area contributed by atoms with Crippen molar-refractivity contribution in [2.75, 3.05) is 18.4 Å². The number of thiazole rings is 1. The second kappa shape index (κ2) is 8.70. The Kier molecular flexibility index (Phi) is 6.30. The van der Waals surface area contributed by atoms with Crippen molar-refractivity contribution in [2.24, 2.45) is 0 Å². The molecule has 0 radical (unpaired) electrons. The molecule has 10 heteroatoms. The number of amides is 2. The van der Waals surface area contributed by atoms with Crippen LogP contribution >= 0.6 is 11.3 Å². The molecule has 2 amide bonds. The number of carbonyl (C=O) groups excluding carboxylic acids is 2. The maximum atomic E-state index is 13.1. The van der Waals surface area contributed by atoms with Crippen molar-refractivity contribution < 1.29 is 14.0 Å². The monoisotopic (exact) mass is 406 g/mol. The van der Waals surface area contributed by atoms with Gasteiger partial charge in [-0.25, -0.2) is 19.3 Å². The first kappa shape index (κ1) is 20.3. The summed E-state index contributed by atoms with van der Waals surface area (Å²) in [5.74, 6) is -0.114. The number of nitrogens with zero attached hydrogens (tertiary/aromatic N) is 5. The lowest BCUT2D eigenvalue weighted by atomic mass is 10.0. The normalized spacial score (nSPS) is 20.2. The average molecular weight is 406 g/mol. The minimum absolute atomic E-state index is 0.00402. The van der Waals surface area contributed by atoms with Gasteiger partial charge in [0.05, 0.1) is 18.4 Å². The first-order valence-electron chi connectivity index (χ1n) is 9.01. The van der Waals surface area contributed by atoms with Gasteiger partial charge in [-0.05, 0) is 6.92 Å². The fourth-order valence-corrected chi connectivity index (χ4v) is 4.21. The summed E-state index contributed by atoms with van der Waals surface area (Å²) < 4.78 is 13.1. The molecule has 0 aromatic carbocycles. The molecule has 0 saturated carbocycles. The van der Waals surface area contributed by atoms with Crippen LogP contribution in [0.15, 0.2) is 18.6 Å². The van der Waals surface area contributed by atoms with E-state index in [0.29, 0.717) is 37.0 Å². The van der Waals surface area contributed by atoms with Gasteiger partial charge in [-0.15, -0.1) is 11.3 Å². The van der Waals surface area contributed by atoms with Crippen molar-refractivity contribution in [1.82, 2.24) is 24.8 Å². The lowest BCUT2D eigenvalue weighted by Crippen LogP contribution is -2.58. The third-order valence-corrected chi connectivity index (χ3v) is 5.56. The Morgan fingerprint density at radius 1 is 1.21 bits per heavy atom. The molecule has 0 bridgehead atoms. The van der Waals surface area contributed by atoms with E-state index in [0.717, 1.165) is 17.3 Å². The number of hydrogen-bond donors (Lipinski definition) is 1. The number of halogens is 1. The molecule has 150 valence electrons. The van der Waals surface area contributed by atoms with Crippen LogP contribution in [0.4, 0.5) is 9.52 Å². The lowest BCUT2D eigenvalue weighted by molar-refractivity contribution is -0.135. The van der Waals surface area contributed by atoms with Gasteiger partial charge in [0.25, 0.3) is 0 Å². The number of hydrogen-bond acceptors (Lipinski definition) is 7. The summed E-state index contributed by atoms with van der Waals surface area (Å²) in [6, 6.07) is 0.0718. The molecule has 2 aromatic heterocycles.